The smallest absolute Gasteiger partial charge is 0.137 e. The van der Waals surface area contributed by atoms with E-state index in [9.17, 15) is 0 Å². The van der Waals surface area contributed by atoms with E-state index >= 15 is 0 Å². The highest BCUT2D eigenvalue weighted by Crippen LogP contribution is 2.49. The minimum atomic E-state index is 0.903. The van der Waals surface area contributed by atoms with Gasteiger partial charge in [-0.15, -0.1) is 0 Å². The van der Waals surface area contributed by atoms with E-state index in [1.807, 2.05) is 24.5 Å². The lowest BCUT2D eigenvalue weighted by molar-refractivity contribution is 1.08. The van der Waals surface area contributed by atoms with Crippen LogP contribution in [0.1, 0.15) is 0 Å². The van der Waals surface area contributed by atoms with Crippen molar-refractivity contribution in [3.63, 3.8) is 0 Å². The van der Waals surface area contributed by atoms with Crippen LogP contribution in [-0.4, -0.2) is 23.7 Å². The molecular weight excluding hydrogens is 915 g/mol. The van der Waals surface area contributed by atoms with Gasteiger partial charge in [0.05, 0.1) is 44.5 Å². The fourth-order valence-corrected chi connectivity index (χ4v) is 12.3. The van der Waals surface area contributed by atoms with Gasteiger partial charge in [0, 0.05) is 83.9 Å². The van der Waals surface area contributed by atoms with Gasteiger partial charge in [0.25, 0.3) is 0 Å². The van der Waals surface area contributed by atoms with Gasteiger partial charge in [0.2, 0.25) is 0 Å². The van der Waals surface area contributed by atoms with Crippen LogP contribution in [-0.2, 0) is 0 Å². The molecule has 7 nitrogen and oxygen atoms in total. The van der Waals surface area contributed by atoms with Crippen molar-refractivity contribution < 1.29 is 0 Å². The van der Waals surface area contributed by atoms with Crippen molar-refractivity contribution in [3.8, 4) is 17.3 Å². The monoisotopic (exact) mass is 957 g/mol. The number of hydrogen-bond acceptors (Lipinski definition) is 4. The molecule has 0 atom stereocenters. The van der Waals surface area contributed by atoms with Crippen LogP contribution in [0.25, 0.3) is 104 Å². The Morgan fingerprint density at radius 2 is 0.693 bits per heavy atom. The van der Waals surface area contributed by atoms with Crippen LogP contribution in [0, 0.1) is 0 Å². The summed E-state index contributed by atoms with van der Waals surface area (Å²) in [5.74, 6) is 1.81. The predicted octanol–water partition coefficient (Wildman–Crippen LogP) is 17.9. The molecule has 16 aromatic rings. The van der Waals surface area contributed by atoms with Gasteiger partial charge in [0.15, 0.2) is 0 Å². The van der Waals surface area contributed by atoms with Crippen molar-refractivity contribution in [2.45, 2.75) is 0 Å². The fourth-order valence-electron chi connectivity index (χ4n) is 12.3. The van der Waals surface area contributed by atoms with Crippen LogP contribution >= 0.6 is 0 Å². The Balaban J connectivity index is 0.919. The van der Waals surface area contributed by atoms with E-state index in [-0.39, 0.29) is 0 Å². The van der Waals surface area contributed by atoms with Gasteiger partial charge >= 0.3 is 0 Å². The Labute approximate surface area is 430 Å². The van der Waals surface area contributed by atoms with E-state index in [0.717, 1.165) is 84.5 Å². The Morgan fingerprint density at radius 1 is 0.267 bits per heavy atom. The molecule has 0 saturated carbocycles. The summed E-state index contributed by atoms with van der Waals surface area (Å²) >= 11 is 0. The van der Waals surface area contributed by atoms with E-state index in [1.165, 1.54) is 53.9 Å². The second kappa shape index (κ2) is 16.1. The molecule has 75 heavy (non-hydrogen) atoms. The predicted molar refractivity (Wildman–Crippen MR) is 312 cm³/mol. The Morgan fingerprint density at radius 3 is 1.15 bits per heavy atom. The Kier molecular flexibility index (Phi) is 8.90. The van der Waals surface area contributed by atoms with Gasteiger partial charge in [-0.3, -0.25) is 9.13 Å². The molecule has 0 spiro atoms. The van der Waals surface area contributed by atoms with Crippen molar-refractivity contribution in [3.05, 3.63) is 261 Å². The summed E-state index contributed by atoms with van der Waals surface area (Å²) in [6.07, 6.45) is 3.75. The van der Waals surface area contributed by atoms with E-state index in [4.69, 9.17) is 9.97 Å². The largest absolute Gasteiger partial charge is 0.310 e. The van der Waals surface area contributed by atoms with Gasteiger partial charge in [0.1, 0.15) is 11.6 Å². The van der Waals surface area contributed by atoms with Crippen molar-refractivity contribution >= 4 is 121 Å². The van der Waals surface area contributed by atoms with Gasteiger partial charge in [-0.05, 0) is 132 Å². The summed E-state index contributed by atoms with van der Waals surface area (Å²) < 4.78 is 7.06. The highest BCUT2D eigenvalue weighted by Gasteiger charge is 2.26. The zero-order valence-electron chi connectivity index (χ0n) is 40.5. The zero-order valence-corrected chi connectivity index (χ0v) is 40.5. The number of para-hydroxylation sites is 3. The standard InChI is InChI=1S/C68H43N7/c1-4-18-46(19-5-1)71(55-36-38-59-67-53(55)32-28-44-16-14-24-57(65(44)67)74(59)63-26-10-12-40-69-63)49-30-34-51-52-35-31-50(43-62(52)73(61(51)42-49)48-22-8-3-9-23-48)72(47-20-6-2-7-21-47)56-37-39-60-68-54(56)33-29-45-17-15-25-58(66(45)68)75(60)64-27-11-13-41-70-64/h1-43H. The highest BCUT2D eigenvalue weighted by molar-refractivity contribution is 6.28. The Bertz CT molecular complexity index is 4530. The van der Waals surface area contributed by atoms with E-state index in [1.54, 1.807) is 0 Å². The molecule has 16 rings (SSSR count). The first kappa shape index (κ1) is 41.4. The lowest BCUT2D eigenvalue weighted by Crippen LogP contribution is -2.11. The summed E-state index contributed by atoms with van der Waals surface area (Å²) in [7, 11) is 0. The molecule has 11 aromatic carbocycles. The summed E-state index contributed by atoms with van der Waals surface area (Å²) in [4.78, 5) is 14.5. The van der Waals surface area contributed by atoms with Crippen LogP contribution in [0.5, 0.6) is 0 Å². The quantitative estimate of drug-likeness (QED) is 0.135. The van der Waals surface area contributed by atoms with E-state index < -0.39 is 0 Å². The molecule has 0 N–H and O–H groups in total. The number of benzene rings is 11. The maximum Gasteiger partial charge on any atom is 0.137 e. The highest BCUT2D eigenvalue weighted by atomic mass is 15.2. The normalized spacial score (nSPS) is 12.0. The molecule has 0 amide bonds. The molecule has 0 saturated heterocycles. The van der Waals surface area contributed by atoms with Crippen LogP contribution in [0.4, 0.5) is 34.1 Å². The van der Waals surface area contributed by atoms with E-state index in [2.05, 4.69) is 260 Å². The van der Waals surface area contributed by atoms with Crippen LogP contribution in [0.2, 0.25) is 0 Å². The molecule has 5 heterocycles. The molecule has 0 aliphatic heterocycles. The maximum atomic E-state index is 4.84. The zero-order chi connectivity index (χ0) is 49.1. The van der Waals surface area contributed by atoms with Gasteiger partial charge in [-0.25, -0.2) is 9.97 Å². The number of anilines is 6. The maximum absolute atomic E-state index is 4.84. The molecular formula is C68H43N7. The van der Waals surface area contributed by atoms with Crippen molar-refractivity contribution in [1.29, 1.82) is 0 Å². The lowest BCUT2D eigenvalue weighted by Gasteiger charge is -2.27. The first-order valence-corrected chi connectivity index (χ1v) is 25.5. The third-order valence-electron chi connectivity index (χ3n) is 15.4. The summed E-state index contributed by atoms with van der Waals surface area (Å²) in [6, 6.07) is 90.1. The molecule has 0 unspecified atom stereocenters. The van der Waals surface area contributed by atoms with Gasteiger partial charge < -0.3 is 14.4 Å². The van der Waals surface area contributed by atoms with Crippen molar-refractivity contribution in [2.75, 3.05) is 9.80 Å². The summed E-state index contributed by atoms with van der Waals surface area (Å²) in [5.41, 5.74) is 14.4. The lowest BCUT2D eigenvalue weighted by atomic mass is 9.99. The second-order valence-corrected chi connectivity index (χ2v) is 19.4. The average Bonchev–Trinajstić information content (AvgIpc) is 4.12. The minimum absolute atomic E-state index is 0.903. The van der Waals surface area contributed by atoms with Crippen molar-refractivity contribution in [2.24, 2.45) is 0 Å². The second-order valence-electron chi connectivity index (χ2n) is 19.4. The summed E-state index contributed by atoms with van der Waals surface area (Å²) in [5, 5.41) is 12.1. The number of pyridine rings is 2. The average molecular weight is 958 g/mol. The number of fused-ring (bicyclic) bond motifs is 3. The van der Waals surface area contributed by atoms with Crippen LogP contribution in [0.15, 0.2) is 261 Å². The SMILES string of the molecule is c1ccc(N(c2ccc3c4ccc(N(c5ccccc5)c5ccc6c7c5ccc5cccc(c57)n6-c5ccccn5)cc4n(-c4ccccc4)c3c2)c2ccc3c4c2ccc2cccc(c24)n3-c2ccccn2)cc1. The Hall–Kier alpha value is -10.2. The number of aromatic nitrogens is 5. The molecule has 0 fully saturated rings. The molecule has 0 bridgehead atoms. The first-order valence-electron chi connectivity index (χ1n) is 25.5. The topological polar surface area (TPSA) is 47.0 Å². The molecule has 0 aliphatic rings. The van der Waals surface area contributed by atoms with Crippen molar-refractivity contribution in [1.82, 2.24) is 23.7 Å². The molecule has 5 aromatic heterocycles. The third-order valence-corrected chi connectivity index (χ3v) is 15.4. The summed E-state index contributed by atoms with van der Waals surface area (Å²) in [6.45, 7) is 0. The molecule has 350 valence electrons. The van der Waals surface area contributed by atoms with Gasteiger partial charge in [-0.2, -0.15) is 0 Å². The van der Waals surface area contributed by atoms with Crippen LogP contribution < -0.4 is 9.80 Å². The first-order chi connectivity index (χ1) is 37.2. The number of nitrogens with zero attached hydrogens (tertiary/aromatic N) is 7. The molecule has 0 radical (unpaired) electrons. The minimum Gasteiger partial charge on any atom is -0.310 e. The number of rotatable bonds is 9. The fraction of sp³-hybridized carbons (Fsp3) is 0. The van der Waals surface area contributed by atoms with E-state index in [0.29, 0.717) is 0 Å². The van der Waals surface area contributed by atoms with Gasteiger partial charge in [-0.1, -0.05) is 127 Å². The molecule has 7 heteroatoms. The third kappa shape index (κ3) is 6.09. The number of hydrogen-bond donors (Lipinski definition) is 0. The van der Waals surface area contributed by atoms with Crippen LogP contribution in [0.3, 0.4) is 0 Å². The molecule has 0 aliphatic carbocycles.